The van der Waals surface area contributed by atoms with Crippen LogP contribution in [0.15, 0.2) is 4.52 Å². The van der Waals surface area contributed by atoms with Crippen molar-refractivity contribution in [3.05, 3.63) is 17.0 Å². The number of hydrogen-bond acceptors (Lipinski definition) is 5. The molecule has 3 saturated heterocycles. The van der Waals surface area contributed by atoms with Gasteiger partial charge in [-0.15, -0.1) is 0 Å². The summed E-state index contributed by atoms with van der Waals surface area (Å²) in [4.78, 5) is 43.7. The van der Waals surface area contributed by atoms with Gasteiger partial charge in [0.25, 0.3) is 0 Å². The summed E-state index contributed by atoms with van der Waals surface area (Å²) in [5.41, 5.74) is 1.89. The number of nitrogens with one attached hydrogen (secondary N) is 1. The first-order chi connectivity index (χ1) is 17.6. The summed E-state index contributed by atoms with van der Waals surface area (Å²) in [6.07, 6.45) is 6.64. The number of amides is 3. The summed E-state index contributed by atoms with van der Waals surface area (Å²) in [5.74, 6) is 2.60. The SMILES string of the molecule is Cc1noc(C)c1CCC(=O)N1C[C@@H]2C[C@@H](C1)[C@@H]1CCCC(=O)N[C@H](C(C)C)CC[C@@H](C)CC(=O)N1C2. The van der Waals surface area contributed by atoms with Crippen molar-refractivity contribution in [3.63, 3.8) is 0 Å². The van der Waals surface area contributed by atoms with Gasteiger partial charge in [-0.25, -0.2) is 0 Å². The van der Waals surface area contributed by atoms with Crippen LogP contribution in [0.1, 0.15) is 89.2 Å². The molecule has 3 aliphatic heterocycles. The summed E-state index contributed by atoms with van der Waals surface area (Å²) in [7, 11) is 0. The predicted octanol–water partition coefficient (Wildman–Crippen LogP) is 4.03. The Kier molecular flexibility index (Phi) is 8.96. The summed E-state index contributed by atoms with van der Waals surface area (Å²) in [6.45, 7) is 12.4. The molecule has 3 fully saturated rings. The van der Waals surface area contributed by atoms with E-state index in [0.717, 1.165) is 62.2 Å². The van der Waals surface area contributed by atoms with Gasteiger partial charge in [0.1, 0.15) is 5.76 Å². The second-order valence-corrected chi connectivity index (χ2v) is 12.3. The van der Waals surface area contributed by atoms with E-state index in [0.29, 0.717) is 44.1 Å². The van der Waals surface area contributed by atoms with Crippen LogP contribution >= 0.6 is 0 Å². The molecule has 4 rings (SSSR count). The molecule has 1 N–H and O–H groups in total. The maximum Gasteiger partial charge on any atom is 0.223 e. The Morgan fingerprint density at radius 3 is 2.62 bits per heavy atom. The van der Waals surface area contributed by atoms with Gasteiger partial charge in [-0.1, -0.05) is 25.9 Å². The molecular formula is C29H46N4O4. The van der Waals surface area contributed by atoms with Crippen LogP contribution in [0.5, 0.6) is 0 Å². The first-order valence-electron chi connectivity index (χ1n) is 14.4. The van der Waals surface area contributed by atoms with Gasteiger partial charge in [-0.05, 0) is 76.0 Å². The third-order valence-electron chi connectivity index (χ3n) is 8.96. The predicted molar refractivity (Wildman–Crippen MR) is 142 cm³/mol. The molecule has 5 atom stereocenters. The summed E-state index contributed by atoms with van der Waals surface area (Å²) in [6, 6.07) is 0.265. The Bertz CT molecular complexity index is 954. The zero-order chi connectivity index (χ0) is 26.7. The van der Waals surface area contributed by atoms with E-state index in [2.05, 4.69) is 36.1 Å². The average Bonchev–Trinajstić information content (AvgIpc) is 3.17. The molecule has 0 aliphatic carbocycles. The number of fused-ring (bicyclic) bond motifs is 4. The van der Waals surface area contributed by atoms with Crippen LogP contribution in [0, 0.1) is 37.5 Å². The molecule has 3 aliphatic rings. The molecule has 0 unspecified atom stereocenters. The number of carbonyl (C=O) groups is 3. The van der Waals surface area contributed by atoms with Crippen molar-refractivity contribution in [2.24, 2.45) is 23.7 Å². The van der Waals surface area contributed by atoms with Crippen LogP contribution in [0.3, 0.4) is 0 Å². The van der Waals surface area contributed by atoms with Gasteiger partial charge in [-0.3, -0.25) is 14.4 Å². The molecule has 0 aromatic carbocycles. The molecule has 1 aromatic rings. The van der Waals surface area contributed by atoms with Crippen LogP contribution < -0.4 is 5.32 Å². The van der Waals surface area contributed by atoms with Gasteiger partial charge < -0.3 is 19.6 Å². The number of piperidine rings is 2. The topological polar surface area (TPSA) is 95.7 Å². The van der Waals surface area contributed by atoms with Crippen LogP contribution in [0.4, 0.5) is 0 Å². The highest BCUT2D eigenvalue weighted by Crippen LogP contribution is 2.37. The third-order valence-corrected chi connectivity index (χ3v) is 8.96. The number of carbonyl (C=O) groups excluding carboxylic acids is 3. The number of rotatable bonds is 4. The Morgan fingerprint density at radius 1 is 1.14 bits per heavy atom. The summed E-state index contributed by atoms with van der Waals surface area (Å²) >= 11 is 0. The Hall–Kier alpha value is -2.38. The van der Waals surface area contributed by atoms with Gasteiger partial charge in [0.05, 0.1) is 5.69 Å². The zero-order valence-corrected chi connectivity index (χ0v) is 23.4. The fourth-order valence-electron chi connectivity index (χ4n) is 6.76. The van der Waals surface area contributed by atoms with E-state index in [1.165, 1.54) is 0 Å². The van der Waals surface area contributed by atoms with E-state index >= 15 is 0 Å². The van der Waals surface area contributed by atoms with Crippen molar-refractivity contribution in [2.45, 2.75) is 104 Å². The monoisotopic (exact) mass is 514 g/mol. The molecule has 206 valence electrons. The van der Waals surface area contributed by atoms with Gasteiger partial charge in [-0.2, -0.15) is 0 Å². The molecule has 8 nitrogen and oxygen atoms in total. The lowest BCUT2D eigenvalue weighted by atomic mass is 9.77. The van der Waals surface area contributed by atoms with Crippen molar-refractivity contribution in [1.29, 1.82) is 0 Å². The van der Waals surface area contributed by atoms with E-state index in [1.54, 1.807) is 0 Å². The van der Waals surface area contributed by atoms with Crippen LogP contribution in [-0.4, -0.2) is 64.4 Å². The van der Waals surface area contributed by atoms with E-state index < -0.39 is 0 Å². The Balaban J connectivity index is 1.44. The smallest absolute Gasteiger partial charge is 0.223 e. The van der Waals surface area contributed by atoms with Crippen molar-refractivity contribution in [3.8, 4) is 0 Å². The molecule has 1 aromatic heterocycles. The highest BCUT2D eigenvalue weighted by molar-refractivity contribution is 5.78. The molecule has 37 heavy (non-hydrogen) atoms. The third kappa shape index (κ3) is 6.74. The van der Waals surface area contributed by atoms with E-state index in [1.807, 2.05) is 18.7 Å². The largest absolute Gasteiger partial charge is 0.361 e. The van der Waals surface area contributed by atoms with Crippen LogP contribution in [0.25, 0.3) is 0 Å². The Labute approximate surface area is 221 Å². The molecular weight excluding hydrogens is 468 g/mol. The fraction of sp³-hybridized carbons (Fsp3) is 0.793. The lowest BCUT2D eigenvalue weighted by Gasteiger charge is -2.51. The highest BCUT2D eigenvalue weighted by Gasteiger charge is 2.43. The van der Waals surface area contributed by atoms with Crippen molar-refractivity contribution in [2.75, 3.05) is 19.6 Å². The number of nitrogens with zero attached hydrogens (tertiary/aromatic N) is 3. The van der Waals surface area contributed by atoms with Gasteiger partial charge >= 0.3 is 0 Å². The van der Waals surface area contributed by atoms with E-state index in [9.17, 15) is 14.4 Å². The zero-order valence-electron chi connectivity index (χ0n) is 23.4. The first-order valence-corrected chi connectivity index (χ1v) is 14.4. The minimum Gasteiger partial charge on any atom is -0.361 e. The summed E-state index contributed by atoms with van der Waals surface area (Å²) < 4.78 is 5.26. The fourth-order valence-corrected chi connectivity index (χ4v) is 6.76. The minimum absolute atomic E-state index is 0.101. The lowest BCUT2D eigenvalue weighted by molar-refractivity contribution is -0.146. The number of hydrogen-bond donors (Lipinski definition) is 1. The normalized spacial score (nSPS) is 29.7. The lowest BCUT2D eigenvalue weighted by Crippen LogP contribution is -2.60. The quantitative estimate of drug-likeness (QED) is 0.655. The van der Waals surface area contributed by atoms with Gasteiger partial charge in [0.15, 0.2) is 0 Å². The molecule has 0 radical (unpaired) electrons. The van der Waals surface area contributed by atoms with E-state index in [4.69, 9.17) is 4.52 Å². The standard InChI is InChI=1S/C29H46N4O4/c1-18(2)25-11-9-19(3)13-29(36)33-16-22-14-23(26(33)7-6-8-27(34)30-25)17-32(15-22)28(35)12-10-24-20(4)31-37-21(24)5/h18-19,22-23,25-26H,6-17H2,1-5H3,(H,30,34)/t19-,22+,23+,25+,26+/m1/s1. The first kappa shape index (κ1) is 27.6. The minimum atomic E-state index is 0.101. The number of aromatic nitrogens is 1. The van der Waals surface area contributed by atoms with E-state index in [-0.39, 0.29) is 41.6 Å². The molecule has 3 amide bonds. The maximum absolute atomic E-state index is 13.5. The molecule has 0 spiro atoms. The Morgan fingerprint density at radius 2 is 1.92 bits per heavy atom. The summed E-state index contributed by atoms with van der Waals surface area (Å²) in [5, 5.41) is 7.27. The van der Waals surface area contributed by atoms with Gasteiger partial charge in [0.2, 0.25) is 17.7 Å². The second kappa shape index (κ2) is 12.0. The molecule has 2 bridgehead atoms. The highest BCUT2D eigenvalue weighted by atomic mass is 16.5. The molecule has 8 heteroatoms. The number of aryl methyl sites for hydroxylation is 2. The average molecular weight is 515 g/mol. The molecule has 4 heterocycles. The second-order valence-electron chi connectivity index (χ2n) is 12.3. The maximum atomic E-state index is 13.5. The van der Waals surface area contributed by atoms with Crippen molar-refractivity contribution >= 4 is 17.7 Å². The number of likely N-dealkylation sites (tertiary alicyclic amines) is 1. The van der Waals surface area contributed by atoms with Gasteiger partial charge in [0, 0.05) is 56.5 Å². The van der Waals surface area contributed by atoms with Crippen LogP contribution in [-0.2, 0) is 20.8 Å². The van der Waals surface area contributed by atoms with Crippen LogP contribution in [0.2, 0.25) is 0 Å². The van der Waals surface area contributed by atoms with Crippen molar-refractivity contribution < 1.29 is 18.9 Å². The molecule has 0 saturated carbocycles. The van der Waals surface area contributed by atoms with Crippen molar-refractivity contribution in [1.82, 2.24) is 20.3 Å².